The molecule has 0 saturated carbocycles. The predicted molar refractivity (Wildman–Crippen MR) is 108 cm³/mol. The molecule has 0 spiro atoms. The summed E-state index contributed by atoms with van der Waals surface area (Å²) < 4.78 is 14.5. The van der Waals surface area contributed by atoms with Crippen molar-refractivity contribution in [1.29, 1.82) is 0 Å². The summed E-state index contributed by atoms with van der Waals surface area (Å²) in [4.78, 5) is 25.5. The van der Waals surface area contributed by atoms with Crippen molar-refractivity contribution in [2.75, 3.05) is 5.32 Å². The summed E-state index contributed by atoms with van der Waals surface area (Å²) in [7, 11) is 0. The third kappa shape index (κ3) is 3.79. The molecule has 3 rings (SSSR count). The van der Waals surface area contributed by atoms with Gasteiger partial charge in [-0.15, -0.1) is 11.3 Å². The SMILES string of the molecule is Cc1nn(Cc2ccc(F)cc2)c(Cl)c1C(=O)Nc1sc(C)c(C)c1C(N)=O. The van der Waals surface area contributed by atoms with E-state index < -0.39 is 11.8 Å². The summed E-state index contributed by atoms with van der Waals surface area (Å²) in [6.07, 6.45) is 0. The normalized spacial score (nSPS) is 10.9. The van der Waals surface area contributed by atoms with Gasteiger partial charge in [-0.05, 0) is 44.0 Å². The van der Waals surface area contributed by atoms with Gasteiger partial charge in [0.25, 0.3) is 11.8 Å². The van der Waals surface area contributed by atoms with Crippen molar-refractivity contribution in [1.82, 2.24) is 9.78 Å². The fraction of sp³-hybridized carbons (Fsp3) is 0.211. The zero-order valence-corrected chi connectivity index (χ0v) is 17.0. The van der Waals surface area contributed by atoms with E-state index >= 15 is 0 Å². The van der Waals surface area contributed by atoms with Gasteiger partial charge in [0.05, 0.1) is 23.4 Å². The van der Waals surface area contributed by atoms with E-state index in [4.69, 9.17) is 17.3 Å². The maximum absolute atomic E-state index is 13.1. The highest BCUT2D eigenvalue weighted by atomic mass is 35.5. The van der Waals surface area contributed by atoms with Gasteiger partial charge < -0.3 is 11.1 Å². The molecule has 0 atom stereocenters. The molecule has 0 aliphatic heterocycles. The number of nitrogens with two attached hydrogens (primary N) is 1. The first-order valence-electron chi connectivity index (χ1n) is 8.37. The van der Waals surface area contributed by atoms with Crippen molar-refractivity contribution in [3.63, 3.8) is 0 Å². The highest BCUT2D eigenvalue weighted by Gasteiger charge is 2.24. The number of amides is 2. The van der Waals surface area contributed by atoms with E-state index in [0.717, 1.165) is 16.0 Å². The Kier molecular flexibility index (Phi) is 5.53. The van der Waals surface area contributed by atoms with Gasteiger partial charge >= 0.3 is 0 Å². The van der Waals surface area contributed by atoms with Crippen LogP contribution < -0.4 is 11.1 Å². The van der Waals surface area contributed by atoms with E-state index in [0.29, 0.717) is 16.3 Å². The Morgan fingerprint density at radius 2 is 1.86 bits per heavy atom. The van der Waals surface area contributed by atoms with Crippen molar-refractivity contribution < 1.29 is 14.0 Å². The summed E-state index contributed by atoms with van der Waals surface area (Å²) >= 11 is 7.66. The monoisotopic (exact) mass is 420 g/mol. The molecule has 0 radical (unpaired) electrons. The second kappa shape index (κ2) is 7.73. The number of hydrogen-bond acceptors (Lipinski definition) is 4. The first kappa shape index (κ1) is 20.0. The molecular formula is C19H18ClFN4O2S. The number of carbonyl (C=O) groups excluding carboxylic acids is 2. The van der Waals surface area contributed by atoms with Crippen LogP contribution in [0.1, 0.15) is 42.4 Å². The second-order valence-corrected chi connectivity index (χ2v) is 7.92. The molecule has 6 nitrogen and oxygen atoms in total. The minimum atomic E-state index is -0.605. The smallest absolute Gasteiger partial charge is 0.261 e. The van der Waals surface area contributed by atoms with Gasteiger partial charge in [-0.1, -0.05) is 23.7 Å². The van der Waals surface area contributed by atoms with Crippen LogP contribution in [0.4, 0.5) is 9.39 Å². The van der Waals surface area contributed by atoms with Crippen LogP contribution in [-0.4, -0.2) is 21.6 Å². The number of carbonyl (C=O) groups is 2. The highest BCUT2D eigenvalue weighted by molar-refractivity contribution is 7.16. The van der Waals surface area contributed by atoms with Gasteiger partial charge in [0.15, 0.2) is 0 Å². The lowest BCUT2D eigenvalue weighted by atomic mass is 10.1. The Balaban J connectivity index is 1.89. The van der Waals surface area contributed by atoms with E-state index in [-0.39, 0.29) is 23.1 Å². The van der Waals surface area contributed by atoms with Gasteiger partial charge in [-0.2, -0.15) is 5.10 Å². The number of nitrogens with one attached hydrogen (secondary N) is 1. The van der Waals surface area contributed by atoms with Crippen molar-refractivity contribution in [2.24, 2.45) is 5.73 Å². The second-order valence-electron chi connectivity index (χ2n) is 6.34. The summed E-state index contributed by atoms with van der Waals surface area (Å²) in [5, 5.41) is 7.58. The average molecular weight is 421 g/mol. The van der Waals surface area contributed by atoms with Crippen LogP contribution in [0.3, 0.4) is 0 Å². The first-order valence-corrected chi connectivity index (χ1v) is 9.57. The maximum atomic E-state index is 13.1. The standard InChI is InChI=1S/C19H18ClFN4O2S/c1-9-11(3)28-19(14(9)17(22)26)23-18(27)15-10(2)24-25(16(15)20)8-12-4-6-13(21)7-5-12/h4-7H,8H2,1-3H3,(H2,22,26)(H,23,27). The Labute approximate surface area is 170 Å². The van der Waals surface area contributed by atoms with Crippen molar-refractivity contribution in [3.8, 4) is 0 Å². The number of primary amides is 1. The lowest BCUT2D eigenvalue weighted by molar-refractivity contribution is 0.100. The molecule has 3 N–H and O–H groups in total. The summed E-state index contributed by atoms with van der Waals surface area (Å²) in [6.45, 7) is 5.58. The Hall–Kier alpha value is -2.71. The molecule has 9 heteroatoms. The average Bonchev–Trinajstić information content (AvgIpc) is 3.05. The van der Waals surface area contributed by atoms with E-state index in [2.05, 4.69) is 10.4 Å². The van der Waals surface area contributed by atoms with Crippen molar-refractivity contribution in [3.05, 3.63) is 68.1 Å². The number of halogens is 2. The number of thiophene rings is 1. The van der Waals surface area contributed by atoms with E-state index in [1.807, 2.05) is 6.92 Å². The molecule has 28 heavy (non-hydrogen) atoms. The molecule has 2 aromatic heterocycles. The van der Waals surface area contributed by atoms with Crippen LogP contribution >= 0.6 is 22.9 Å². The van der Waals surface area contributed by atoms with Gasteiger partial charge in [-0.3, -0.25) is 9.59 Å². The van der Waals surface area contributed by atoms with E-state index in [1.165, 1.54) is 28.2 Å². The number of benzene rings is 1. The van der Waals surface area contributed by atoms with E-state index in [9.17, 15) is 14.0 Å². The lowest BCUT2D eigenvalue weighted by Crippen LogP contribution is -2.18. The lowest BCUT2D eigenvalue weighted by Gasteiger charge is -2.06. The summed E-state index contributed by atoms with van der Waals surface area (Å²) in [5.41, 5.74) is 7.93. The third-order valence-corrected chi connectivity index (χ3v) is 5.90. The summed E-state index contributed by atoms with van der Waals surface area (Å²) in [6, 6.07) is 5.94. The highest BCUT2D eigenvalue weighted by Crippen LogP contribution is 2.33. The summed E-state index contributed by atoms with van der Waals surface area (Å²) in [5.74, 6) is -1.41. The first-order chi connectivity index (χ1) is 13.2. The fourth-order valence-electron chi connectivity index (χ4n) is 2.86. The largest absolute Gasteiger partial charge is 0.365 e. The maximum Gasteiger partial charge on any atom is 0.261 e. The van der Waals surface area contributed by atoms with Gasteiger partial charge in [0, 0.05) is 4.88 Å². The molecule has 0 saturated heterocycles. The van der Waals surface area contributed by atoms with Crippen molar-refractivity contribution >= 4 is 39.8 Å². The van der Waals surface area contributed by atoms with Crippen LogP contribution in [0.15, 0.2) is 24.3 Å². The number of nitrogens with zero attached hydrogens (tertiary/aromatic N) is 2. The molecule has 0 unspecified atom stereocenters. The van der Waals surface area contributed by atoms with Crippen LogP contribution in [0.5, 0.6) is 0 Å². The van der Waals surface area contributed by atoms with Crippen LogP contribution in [0, 0.1) is 26.6 Å². The number of aryl methyl sites for hydroxylation is 2. The Morgan fingerprint density at radius 3 is 2.46 bits per heavy atom. The molecule has 0 aliphatic carbocycles. The third-order valence-electron chi connectivity index (χ3n) is 4.40. The minimum Gasteiger partial charge on any atom is -0.365 e. The van der Waals surface area contributed by atoms with Crippen molar-refractivity contribution in [2.45, 2.75) is 27.3 Å². The molecule has 0 fully saturated rings. The number of anilines is 1. The predicted octanol–water partition coefficient (Wildman–Crippen LogP) is 4.06. The Morgan fingerprint density at radius 1 is 1.21 bits per heavy atom. The van der Waals surface area contributed by atoms with Crippen LogP contribution in [-0.2, 0) is 6.54 Å². The molecule has 2 heterocycles. The van der Waals surface area contributed by atoms with Crippen LogP contribution in [0.2, 0.25) is 5.15 Å². The molecule has 1 aromatic carbocycles. The van der Waals surface area contributed by atoms with Gasteiger partial charge in [-0.25, -0.2) is 9.07 Å². The topological polar surface area (TPSA) is 90.0 Å². The number of rotatable bonds is 5. The van der Waals surface area contributed by atoms with Crippen LogP contribution in [0.25, 0.3) is 0 Å². The number of hydrogen-bond donors (Lipinski definition) is 2. The Bertz CT molecular complexity index is 1070. The number of aromatic nitrogens is 2. The molecule has 146 valence electrons. The molecule has 3 aromatic rings. The fourth-order valence-corrected chi connectivity index (χ4v) is 4.24. The quantitative estimate of drug-likeness (QED) is 0.652. The zero-order chi connectivity index (χ0) is 20.6. The molecular weight excluding hydrogens is 403 g/mol. The van der Waals surface area contributed by atoms with Gasteiger partial charge in [0.2, 0.25) is 0 Å². The molecule has 2 amide bonds. The minimum absolute atomic E-state index is 0.157. The molecule has 0 aliphatic rings. The zero-order valence-electron chi connectivity index (χ0n) is 15.5. The van der Waals surface area contributed by atoms with E-state index in [1.54, 1.807) is 26.0 Å². The molecule has 0 bridgehead atoms. The van der Waals surface area contributed by atoms with Gasteiger partial charge in [0.1, 0.15) is 16.0 Å².